The standard InChI is InChI=1S/C21H27N7O2.HI/c1-22-21(27-12-8-15(9-13-27)18-24-14-25-26-18)23-10-4-5-11-28-19(29)16-6-2-3-7-17(16)20(28)30;/h2-3,6-7,14-15H,4-5,8-13H2,1H3,(H,22,23)(H,24,25,26);1H. The Labute approximate surface area is 198 Å². The van der Waals surface area contributed by atoms with Gasteiger partial charge in [0.15, 0.2) is 5.96 Å². The van der Waals surface area contributed by atoms with E-state index >= 15 is 0 Å². The van der Waals surface area contributed by atoms with Crippen molar-refractivity contribution in [1.82, 2.24) is 30.3 Å². The second-order valence-electron chi connectivity index (χ2n) is 7.62. The molecular weight excluding hydrogens is 509 g/mol. The number of hydrogen-bond donors (Lipinski definition) is 2. The van der Waals surface area contributed by atoms with E-state index in [0.29, 0.717) is 23.6 Å². The summed E-state index contributed by atoms with van der Waals surface area (Å²) in [6, 6.07) is 7.01. The van der Waals surface area contributed by atoms with Gasteiger partial charge in [-0.1, -0.05) is 12.1 Å². The lowest BCUT2D eigenvalue weighted by Crippen LogP contribution is -2.45. The minimum atomic E-state index is -0.186. The molecule has 4 rings (SSSR count). The molecule has 9 nitrogen and oxygen atoms in total. The number of likely N-dealkylation sites (tertiary alicyclic amines) is 1. The van der Waals surface area contributed by atoms with Crippen LogP contribution in [-0.4, -0.2) is 76.0 Å². The van der Waals surface area contributed by atoms with Crippen LogP contribution < -0.4 is 5.32 Å². The normalized spacial score (nSPS) is 17.0. The molecule has 0 unspecified atom stereocenters. The van der Waals surface area contributed by atoms with Gasteiger partial charge in [-0.25, -0.2) is 4.98 Å². The Balaban J connectivity index is 0.00000272. The molecule has 2 N–H and O–H groups in total. The fourth-order valence-electron chi connectivity index (χ4n) is 4.15. The van der Waals surface area contributed by atoms with Crippen LogP contribution in [0.5, 0.6) is 0 Å². The zero-order valence-electron chi connectivity index (χ0n) is 17.6. The van der Waals surface area contributed by atoms with Crippen LogP contribution in [0.1, 0.15) is 58.1 Å². The Morgan fingerprint density at radius 3 is 2.42 bits per heavy atom. The summed E-state index contributed by atoms with van der Waals surface area (Å²) in [4.78, 5) is 37.1. The smallest absolute Gasteiger partial charge is 0.261 e. The molecule has 1 aromatic heterocycles. The highest BCUT2D eigenvalue weighted by molar-refractivity contribution is 14.0. The Bertz CT molecular complexity index is 889. The molecule has 0 atom stereocenters. The lowest BCUT2D eigenvalue weighted by Gasteiger charge is -2.33. The second-order valence-corrected chi connectivity index (χ2v) is 7.62. The number of aliphatic imine (C=N–C) groups is 1. The largest absolute Gasteiger partial charge is 0.356 e. The average molecular weight is 537 g/mol. The first-order valence-corrected chi connectivity index (χ1v) is 10.4. The van der Waals surface area contributed by atoms with Gasteiger partial charge in [0.25, 0.3) is 11.8 Å². The van der Waals surface area contributed by atoms with Crippen molar-refractivity contribution in [2.24, 2.45) is 4.99 Å². The van der Waals surface area contributed by atoms with Crippen molar-refractivity contribution in [3.63, 3.8) is 0 Å². The van der Waals surface area contributed by atoms with Crippen LogP contribution in [0.2, 0.25) is 0 Å². The number of carbonyl (C=O) groups is 2. The first kappa shape index (κ1) is 23.2. The Kier molecular flexibility index (Phi) is 7.99. The van der Waals surface area contributed by atoms with Gasteiger partial charge >= 0.3 is 0 Å². The lowest BCUT2D eigenvalue weighted by molar-refractivity contribution is 0.0652. The number of unbranched alkanes of at least 4 members (excludes halogenated alkanes) is 1. The van der Waals surface area contributed by atoms with Crippen LogP contribution in [0.15, 0.2) is 35.6 Å². The highest BCUT2D eigenvalue weighted by Gasteiger charge is 2.34. The summed E-state index contributed by atoms with van der Waals surface area (Å²) in [6.45, 7) is 3.02. The summed E-state index contributed by atoms with van der Waals surface area (Å²) in [7, 11) is 1.80. The van der Waals surface area contributed by atoms with Crippen molar-refractivity contribution in [1.29, 1.82) is 0 Å². The molecule has 1 fully saturated rings. The van der Waals surface area contributed by atoms with Crippen molar-refractivity contribution >= 4 is 41.8 Å². The summed E-state index contributed by atoms with van der Waals surface area (Å²) < 4.78 is 0. The fourth-order valence-corrected chi connectivity index (χ4v) is 4.15. The molecule has 2 amide bonds. The zero-order valence-corrected chi connectivity index (χ0v) is 19.9. The third-order valence-electron chi connectivity index (χ3n) is 5.80. The number of imide groups is 1. The minimum absolute atomic E-state index is 0. The number of piperidine rings is 1. The molecule has 2 aliphatic heterocycles. The number of nitrogens with one attached hydrogen (secondary N) is 2. The van der Waals surface area contributed by atoms with E-state index in [0.717, 1.165) is 57.1 Å². The fraction of sp³-hybridized carbons (Fsp3) is 0.476. The number of hydrogen-bond acceptors (Lipinski definition) is 5. The van der Waals surface area contributed by atoms with Gasteiger partial charge in [-0.3, -0.25) is 24.6 Å². The third kappa shape index (κ3) is 5.05. The van der Waals surface area contributed by atoms with E-state index in [4.69, 9.17) is 0 Å². The van der Waals surface area contributed by atoms with Crippen molar-refractivity contribution in [2.75, 3.05) is 33.2 Å². The van der Waals surface area contributed by atoms with E-state index in [-0.39, 0.29) is 35.8 Å². The Morgan fingerprint density at radius 2 is 1.84 bits per heavy atom. The molecule has 2 aromatic rings. The maximum Gasteiger partial charge on any atom is 0.261 e. The molecule has 1 saturated heterocycles. The number of rotatable bonds is 6. The van der Waals surface area contributed by atoms with Gasteiger partial charge in [0.2, 0.25) is 0 Å². The van der Waals surface area contributed by atoms with E-state index in [9.17, 15) is 9.59 Å². The minimum Gasteiger partial charge on any atom is -0.356 e. The number of aromatic amines is 1. The second kappa shape index (κ2) is 10.7. The molecule has 0 spiro atoms. The number of amides is 2. The SMILES string of the molecule is CN=C(NCCCCN1C(=O)c2ccccc2C1=O)N1CCC(c2ncn[nH]2)CC1.I. The molecule has 0 radical (unpaired) electrons. The van der Waals surface area contributed by atoms with E-state index < -0.39 is 0 Å². The quantitative estimate of drug-likeness (QED) is 0.193. The number of aromatic nitrogens is 3. The highest BCUT2D eigenvalue weighted by Crippen LogP contribution is 2.25. The Morgan fingerprint density at radius 1 is 1.16 bits per heavy atom. The molecule has 0 saturated carbocycles. The van der Waals surface area contributed by atoms with Crippen LogP contribution in [0, 0.1) is 0 Å². The molecule has 0 aliphatic carbocycles. The number of carbonyl (C=O) groups excluding carboxylic acids is 2. The molecule has 2 aliphatic rings. The van der Waals surface area contributed by atoms with E-state index in [2.05, 4.69) is 30.4 Å². The van der Waals surface area contributed by atoms with Crippen molar-refractivity contribution in [2.45, 2.75) is 31.6 Å². The molecule has 166 valence electrons. The van der Waals surface area contributed by atoms with Crippen molar-refractivity contribution in [3.8, 4) is 0 Å². The first-order chi connectivity index (χ1) is 14.7. The number of fused-ring (bicyclic) bond motifs is 1. The third-order valence-corrected chi connectivity index (χ3v) is 5.80. The number of halogens is 1. The number of benzene rings is 1. The van der Waals surface area contributed by atoms with Gasteiger partial charge < -0.3 is 10.2 Å². The molecule has 1 aromatic carbocycles. The van der Waals surface area contributed by atoms with Crippen LogP contribution >= 0.6 is 24.0 Å². The van der Waals surface area contributed by atoms with Crippen LogP contribution in [-0.2, 0) is 0 Å². The molecule has 3 heterocycles. The van der Waals surface area contributed by atoms with Gasteiger partial charge in [-0.05, 0) is 37.8 Å². The van der Waals surface area contributed by atoms with Crippen molar-refractivity contribution < 1.29 is 9.59 Å². The first-order valence-electron chi connectivity index (χ1n) is 10.4. The van der Waals surface area contributed by atoms with E-state index in [1.807, 2.05) is 0 Å². The monoisotopic (exact) mass is 537 g/mol. The molecular formula is C21H28IN7O2. The van der Waals surface area contributed by atoms with E-state index in [1.54, 1.807) is 37.6 Å². The average Bonchev–Trinajstić information content (AvgIpc) is 3.40. The summed E-state index contributed by atoms with van der Waals surface area (Å²) in [5.74, 6) is 1.90. The summed E-state index contributed by atoms with van der Waals surface area (Å²) in [6.07, 6.45) is 5.18. The van der Waals surface area contributed by atoms with E-state index in [1.165, 1.54) is 4.90 Å². The van der Waals surface area contributed by atoms with Gasteiger partial charge in [0.05, 0.1) is 11.1 Å². The zero-order chi connectivity index (χ0) is 20.9. The topological polar surface area (TPSA) is 107 Å². The van der Waals surface area contributed by atoms with Gasteiger partial charge in [0.1, 0.15) is 12.2 Å². The lowest BCUT2D eigenvalue weighted by atomic mass is 9.96. The Hall–Kier alpha value is -2.50. The summed E-state index contributed by atoms with van der Waals surface area (Å²) in [5.41, 5.74) is 1.02. The summed E-state index contributed by atoms with van der Waals surface area (Å²) >= 11 is 0. The van der Waals surface area contributed by atoms with Gasteiger partial charge in [-0.15, -0.1) is 24.0 Å². The van der Waals surface area contributed by atoms with Crippen LogP contribution in [0.25, 0.3) is 0 Å². The molecule has 0 bridgehead atoms. The maximum atomic E-state index is 12.4. The number of guanidine groups is 1. The molecule has 10 heteroatoms. The molecule has 31 heavy (non-hydrogen) atoms. The van der Waals surface area contributed by atoms with Crippen LogP contribution in [0.3, 0.4) is 0 Å². The van der Waals surface area contributed by atoms with Gasteiger partial charge in [0, 0.05) is 39.1 Å². The summed E-state index contributed by atoms with van der Waals surface area (Å²) in [5, 5.41) is 10.3. The van der Waals surface area contributed by atoms with Crippen LogP contribution in [0.4, 0.5) is 0 Å². The number of nitrogens with zero attached hydrogens (tertiary/aromatic N) is 5. The number of H-pyrrole nitrogens is 1. The highest BCUT2D eigenvalue weighted by atomic mass is 127. The van der Waals surface area contributed by atoms with Gasteiger partial charge in [-0.2, -0.15) is 5.10 Å². The van der Waals surface area contributed by atoms with Crippen molar-refractivity contribution in [3.05, 3.63) is 47.5 Å². The predicted octanol–water partition coefficient (Wildman–Crippen LogP) is 2.25. The maximum absolute atomic E-state index is 12.4. The predicted molar refractivity (Wildman–Crippen MR) is 128 cm³/mol.